The van der Waals surface area contributed by atoms with Gasteiger partial charge in [0.1, 0.15) is 12.7 Å². The number of aliphatic hydroxyl groups excluding tert-OH is 1. The molecule has 0 aliphatic carbocycles. The van der Waals surface area contributed by atoms with Crippen LogP contribution in [0, 0.1) is 0 Å². The number of phosphoric acid groups is 1. The summed E-state index contributed by atoms with van der Waals surface area (Å²) < 4.78 is 39.4. The summed E-state index contributed by atoms with van der Waals surface area (Å²) in [6, 6.07) is 0. The van der Waals surface area contributed by atoms with E-state index in [0.29, 0.717) is 19.3 Å². The van der Waals surface area contributed by atoms with Gasteiger partial charge in [-0.3, -0.25) is 23.4 Å². The molecule has 0 aromatic heterocycles. The first-order valence-electron chi connectivity index (χ1n) is 28.1. The minimum absolute atomic E-state index is 0.140. The molecule has 412 valence electrons. The van der Waals surface area contributed by atoms with Gasteiger partial charge < -0.3 is 24.2 Å². The molecule has 2 N–H and O–H groups in total. The molecular formula is C60H101O11P. The maximum absolute atomic E-state index is 12.9. The number of hydrogen-bond acceptors (Lipinski definition) is 10. The van der Waals surface area contributed by atoms with E-state index < -0.39 is 57.8 Å². The maximum atomic E-state index is 12.9. The number of esters is 3. The number of carbonyl (C=O) groups excluding carboxylic acids is 3. The van der Waals surface area contributed by atoms with Crippen molar-refractivity contribution >= 4 is 25.7 Å². The highest BCUT2D eigenvalue weighted by atomic mass is 31.2. The van der Waals surface area contributed by atoms with Crippen LogP contribution in [0.4, 0.5) is 0 Å². The molecule has 0 aliphatic rings. The van der Waals surface area contributed by atoms with E-state index in [1.54, 1.807) is 0 Å². The third-order valence-corrected chi connectivity index (χ3v) is 12.4. The van der Waals surface area contributed by atoms with E-state index in [-0.39, 0.29) is 25.9 Å². The molecule has 0 saturated heterocycles. The second-order valence-corrected chi connectivity index (χ2v) is 19.8. The van der Waals surface area contributed by atoms with Crippen LogP contribution in [0.3, 0.4) is 0 Å². The fraction of sp³-hybridized carbons (Fsp3) is 0.683. The molecule has 0 saturated carbocycles. The van der Waals surface area contributed by atoms with Crippen molar-refractivity contribution in [3.63, 3.8) is 0 Å². The van der Waals surface area contributed by atoms with Crippen molar-refractivity contribution in [3.05, 3.63) is 97.2 Å². The third-order valence-electron chi connectivity index (χ3n) is 11.5. The standard InChI is InChI=1S/C60H101O11P/c1-4-7-10-13-16-19-22-24-26-27-28-29-31-32-35-37-40-43-46-49-58(62)67-53-57(71-60(64)51-48-45-42-39-36-33-30-25-23-20-17-14-11-8-5-2)55-69-72(65,66)68-54-56(52-61)70-59(63)50-47-44-41-38-34-21-18-15-12-9-6-3/h7-8,10-11,15-20,24-26,28-30,56-57,61H,4-6,9,12-14,21-23,27,31-55H2,1-3H3,(H,65,66)/b10-7-,11-8-,18-15-,19-16-,20-17-,26-24-,29-28-,30-25-. The van der Waals surface area contributed by atoms with Gasteiger partial charge in [0.2, 0.25) is 0 Å². The Hall–Kier alpha value is -3.60. The fourth-order valence-electron chi connectivity index (χ4n) is 7.22. The van der Waals surface area contributed by atoms with Gasteiger partial charge in [-0.1, -0.05) is 195 Å². The molecule has 72 heavy (non-hydrogen) atoms. The van der Waals surface area contributed by atoms with Crippen LogP contribution in [-0.2, 0) is 42.2 Å². The molecule has 0 aromatic rings. The number of phosphoric ester groups is 1. The number of rotatable bonds is 51. The number of allylic oxidation sites excluding steroid dienone is 16. The molecular weight excluding hydrogens is 928 g/mol. The first kappa shape index (κ1) is 68.4. The predicted molar refractivity (Wildman–Crippen MR) is 297 cm³/mol. The lowest BCUT2D eigenvalue weighted by molar-refractivity contribution is -0.161. The summed E-state index contributed by atoms with van der Waals surface area (Å²) in [5.74, 6) is -1.52. The molecule has 0 fully saturated rings. The van der Waals surface area contributed by atoms with E-state index in [1.807, 2.05) is 0 Å². The van der Waals surface area contributed by atoms with Gasteiger partial charge in [-0.25, -0.2) is 4.57 Å². The molecule has 0 amide bonds. The molecule has 0 bridgehead atoms. The molecule has 0 aromatic carbocycles. The Balaban J connectivity index is 4.78. The fourth-order valence-corrected chi connectivity index (χ4v) is 8.01. The summed E-state index contributed by atoms with van der Waals surface area (Å²) in [7, 11) is -4.76. The van der Waals surface area contributed by atoms with Crippen LogP contribution in [0.15, 0.2) is 97.2 Å². The van der Waals surface area contributed by atoms with Crippen molar-refractivity contribution in [2.45, 2.75) is 238 Å². The Morgan fingerprint density at radius 2 is 0.722 bits per heavy atom. The van der Waals surface area contributed by atoms with E-state index in [0.717, 1.165) is 154 Å². The molecule has 12 heteroatoms. The van der Waals surface area contributed by atoms with Crippen molar-refractivity contribution in [2.75, 3.05) is 26.4 Å². The SMILES string of the molecule is CC/C=C\C/C=C\C/C=C\C/C=C\CCCCCCCCC(=O)OCC(COP(=O)(O)OCC(CO)OC(=O)CCCCCCC/C=C\CCCC)OC(=O)CCCCCCC/C=C\C/C=C\C/C=C\CC. The van der Waals surface area contributed by atoms with Gasteiger partial charge in [0.25, 0.3) is 0 Å². The largest absolute Gasteiger partial charge is 0.472 e. The van der Waals surface area contributed by atoms with Crippen LogP contribution in [0.25, 0.3) is 0 Å². The topological polar surface area (TPSA) is 155 Å². The molecule has 0 heterocycles. The number of aliphatic hydroxyl groups is 1. The monoisotopic (exact) mass is 1030 g/mol. The first-order valence-corrected chi connectivity index (χ1v) is 29.6. The third kappa shape index (κ3) is 51.3. The lowest BCUT2D eigenvalue weighted by atomic mass is 10.1. The van der Waals surface area contributed by atoms with Crippen LogP contribution in [0.5, 0.6) is 0 Å². The molecule has 0 rings (SSSR count). The molecule has 3 atom stereocenters. The Morgan fingerprint density at radius 3 is 1.12 bits per heavy atom. The quantitative estimate of drug-likeness (QED) is 0.0197. The number of hydrogen-bond donors (Lipinski definition) is 2. The van der Waals surface area contributed by atoms with Crippen LogP contribution in [0.2, 0.25) is 0 Å². The van der Waals surface area contributed by atoms with Crippen LogP contribution >= 0.6 is 7.82 Å². The van der Waals surface area contributed by atoms with Crippen molar-refractivity contribution in [1.82, 2.24) is 0 Å². The Labute approximate surface area is 438 Å². The number of unbranched alkanes of at least 4 members (excludes halogenated alkanes) is 18. The van der Waals surface area contributed by atoms with Gasteiger partial charge in [0, 0.05) is 19.3 Å². The highest BCUT2D eigenvalue weighted by molar-refractivity contribution is 7.47. The van der Waals surface area contributed by atoms with Crippen LogP contribution in [-0.4, -0.2) is 66.5 Å². The van der Waals surface area contributed by atoms with Crippen LogP contribution < -0.4 is 0 Å². The maximum Gasteiger partial charge on any atom is 0.472 e. The zero-order chi connectivity index (χ0) is 52.7. The van der Waals surface area contributed by atoms with E-state index >= 15 is 0 Å². The predicted octanol–water partition coefficient (Wildman–Crippen LogP) is 16.5. The zero-order valence-electron chi connectivity index (χ0n) is 45.4. The smallest absolute Gasteiger partial charge is 0.462 e. The lowest BCUT2D eigenvalue weighted by Crippen LogP contribution is -2.30. The van der Waals surface area contributed by atoms with E-state index in [2.05, 4.69) is 118 Å². The summed E-state index contributed by atoms with van der Waals surface area (Å²) >= 11 is 0. The van der Waals surface area contributed by atoms with Gasteiger partial charge >= 0.3 is 25.7 Å². The molecule has 0 spiro atoms. The van der Waals surface area contributed by atoms with Gasteiger partial charge in [0.15, 0.2) is 6.10 Å². The van der Waals surface area contributed by atoms with Crippen molar-refractivity contribution in [1.29, 1.82) is 0 Å². The molecule has 0 radical (unpaired) electrons. The minimum atomic E-state index is -4.76. The molecule has 0 aliphatic heterocycles. The highest BCUT2D eigenvalue weighted by Crippen LogP contribution is 2.43. The van der Waals surface area contributed by atoms with Gasteiger partial charge in [-0.15, -0.1) is 0 Å². The molecule has 3 unspecified atom stereocenters. The zero-order valence-corrected chi connectivity index (χ0v) is 46.3. The van der Waals surface area contributed by atoms with Crippen molar-refractivity contribution < 1.29 is 52.2 Å². The van der Waals surface area contributed by atoms with Gasteiger partial charge in [0.05, 0.1) is 19.8 Å². The summed E-state index contributed by atoms with van der Waals surface area (Å²) in [6.45, 7) is 4.32. The lowest BCUT2D eigenvalue weighted by Gasteiger charge is -2.21. The normalized spacial score (nSPS) is 14.1. The van der Waals surface area contributed by atoms with E-state index in [1.165, 1.54) is 12.8 Å². The van der Waals surface area contributed by atoms with E-state index in [4.69, 9.17) is 23.3 Å². The van der Waals surface area contributed by atoms with Crippen molar-refractivity contribution in [3.8, 4) is 0 Å². The Kier molecular flexibility index (Phi) is 51.0. The Bertz CT molecular complexity index is 1580. The second-order valence-electron chi connectivity index (χ2n) is 18.3. The van der Waals surface area contributed by atoms with E-state index in [9.17, 15) is 28.9 Å². The summed E-state index contributed by atoms with van der Waals surface area (Å²) in [4.78, 5) is 48.5. The number of ether oxygens (including phenoxy) is 3. The minimum Gasteiger partial charge on any atom is -0.462 e. The Morgan fingerprint density at radius 1 is 0.403 bits per heavy atom. The van der Waals surface area contributed by atoms with Gasteiger partial charge in [-0.2, -0.15) is 0 Å². The second kappa shape index (κ2) is 53.7. The van der Waals surface area contributed by atoms with Gasteiger partial charge in [-0.05, 0) is 109 Å². The molecule has 11 nitrogen and oxygen atoms in total. The average molecular weight is 1030 g/mol. The van der Waals surface area contributed by atoms with Crippen LogP contribution in [0.1, 0.15) is 226 Å². The first-order chi connectivity index (χ1) is 35.2. The highest BCUT2D eigenvalue weighted by Gasteiger charge is 2.28. The summed E-state index contributed by atoms with van der Waals surface area (Å²) in [5, 5.41) is 9.78. The number of carbonyl (C=O) groups is 3. The summed E-state index contributed by atoms with van der Waals surface area (Å²) in [5.41, 5.74) is 0. The van der Waals surface area contributed by atoms with Crippen molar-refractivity contribution in [2.24, 2.45) is 0 Å². The average Bonchev–Trinajstić information content (AvgIpc) is 3.37. The summed E-state index contributed by atoms with van der Waals surface area (Å²) in [6.07, 6.45) is 62.3.